The van der Waals surface area contributed by atoms with E-state index in [-0.39, 0.29) is 6.04 Å². The van der Waals surface area contributed by atoms with Gasteiger partial charge >= 0.3 is 0 Å². The molecule has 0 aliphatic rings. The number of aryl methyl sites for hydroxylation is 1. The molecule has 5 aromatic rings. The Hall–Kier alpha value is -3.70. The van der Waals surface area contributed by atoms with E-state index < -0.39 is 0 Å². The molecule has 5 rings (SSSR count). The highest BCUT2D eigenvalue weighted by molar-refractivity contribution is 5.89. The zero-order chi connectivity index (χ0) is 21.2. The molecule has 154 valence electrons. The molecule has 2 aromatic carbocycles. The van der Waals surface area contributed by atoms with Gasteiger partial charge in [-0.05, 0) is 59.7 Å². The number of nitrogens with zero attached hydrogens (tertiary/aromatic N) is 2. The van der Waals surface area contributed by atoms with Crippen LogP contribution in [0.25, 0.3) is 32.8 Å². The second kappa shape index (κ2) is 8.20. The summed E-state index contributed by atoms with van der Waals surface area (Å²) < 4.78 is 6.00. The van der Waals surface area contributed by atoms with Crippen molar-refractivity contribution < 1.29 is 4.74 Å². The molecule has 0 fully saturated rings. The van der Waals surface area contributed by atoms with Gasteiger partial charge in [0.15, 0.2) is 0 Å². The van der Waals surface area contributed by atoms with Crippen molar-refractivity contribution in [1.82, 2.24) is 15.0 Å². The maximum atomic E-state index is 6.37. The van der Waals surface area contributed by atoms with Gasteiger partial charge in [0, 0.05) is 52.7 Å². The third-order valence-corrected chi connectivity index (χ3v) is 5.63. The molecule has 0 aliphatic carbocycles. The molecule has 0 aliphatic heterocycles. The minimum Gasteiger partial charge on any atom is -0.490 e. The minimum absolute atomic E-state index is 0.113. The molecular formula is C26H24N4O. The van der Waals surface area contributed by atoms with Crippen molar-refractivity contribution in [3.63, 3.8) is 0 Å². The van der Waals surface area contributed by atoms with Crippen LogP contribution in [0.2, 0.25) is 0 Å². The number of aromatic amines is 1. The Morgan fingerprint density at radius 3 is 2.81 bits per heavy atom. The van der Waals surface area contributed by atoms with Crippen LogP contribution >= 0.6 is 0 Å². The van der Waals surface area contributed by atoms with Crippen LogP contribution in [0.3, 0.4) is 0 Å². The molecule has 1 atom stereocenters. The van der Waals surface area contributed by atoms with Crippen molar-refractivity contribution in [3.8, 4) is 16.9 Å². The predicted octanol–water partition coefficient (Wildman–Crippen LogP) is 5.04. The topological polar surface area (TPSA) is 76.8 Å². The Morgan fingerprint density at radius 1 is 0.968 bits per heavy atom. The molecular weight excluding hydrogens is 384 g/mol. The number of hydrogen-bond donors (Lipinski definition) is 2. The van der Waals surface area contributed by atoms with Gasteiger partial charge in [0.2, 0.25) is 0 Å². The van der Waals surface area contributed by atoms with Crippen LogP contribution in [0.1, 0.15) is 11.1 Å². The minimum atomic E-state index is -0.113. The van der Waals surface area contributed by atoms with Crippen LogP contribution in [-0.2, 0) is 6.42 Å². The van der Waals surface area contributed by atoms with E-state index in [0.717, 1.165) is 39.6 Å². The number of ether oxygens (including phenoxy) is 1. The van der Waals surface area contributed by atoms with Crippen molar-refractivity contribution in [1.29, 1.82) is 0 Å². The van der Waals surface area contributed by atoms with Crippen molar-refractivity contribution in [3.05, 3.63) is 90.6 Å². The first-order chi connectivity index (χ1) is 15.2. The average Bonchev–Trinajstić information content (AvgIpc) is 3.21. The lowest BCUT2D eigenvalue weighted by molar-refractivity contribution is 0.287. The molecule has 0 amide bonds. The van der Waals surface area contributed by atoms with E-state index in [1.165, 1.54) is 16.5 Å². The van der Waals surface area contributed by atoms with E-state index in [0.29, 0.717) is 6.61 Å². The molecule has 0 unspecified atom stereocenters. The Morgan fingerprint density at radius 2 is 1.87 bits per heavy atom. The third kappa shape index (κ3) is 4.00. The van der Waals surface area contributed by atoms with Crippen LogP contribution in [-0.4, -0.2) is 27.6 Å². The second-order valence-corrected chi connectivity index (χ2v) is 7.93. The fourth-order valence-electron chi connectivity index (χ4n) is 4.05. The molecule has 0 bridgehead atoms. The van der Waals surface area contributed by atoms with Crippen molar-refractivity contribution in [2.75, 3.05) is 6.61 Å². The monoisotopic (exact) mass is 408 g/mol. The van der Waals surface area contributed by atoms with Gasteiger partial charge in [-0.2, -0.15) is 0 Å². The summed E-state index contributed by atoms with van der Waals surface area (Å²) in [6.07, 6.45) is 10.1. The number of para-hydroxylation sites is 1. The van der Waals surface area contributed by atoms with Crippen molar-refractivity contribution in [2.45, 2.75) is 19.4 Å². The number of hydrogen-bond acceptors (Lipinski definition) is 4. The van der Waals surface area contributed by atoms with Crippen LogP contribution < -0.4 is 10.5 Å². The van der Waals surface area contributed by atoms with Gasteiger partial charge < -0.3 is 15.5 Å². The fourth-order valence-corrected chi connectivity index (χ4v) is 4.05. The van der Waals surface area contributed by atoms with E-state index >= 15 is 0 Å². The Kier molecular flexibility index (Phi) is 5.10. The van der Waals surface area contributed by atoms with Gasteiger partial charge in [-0.25, -0.2) is 0 Å². The molecule has 5 heteroatoms. The quantitative estimate of drug-likeness (QED) is 0.413. The summed E-state index contributed by atoms with van der Waals surface area (Å²) in [6, 6.07) is 16.5. The maximum absolute atomic E-state index is 6.37. The Labute approximate surface area is 180 Å². The number of aromatic nitrogens is 3. The van der Waals surface area contributed by atoms with Crippen molar-refractivity contribution >= 4 is 21.7 Å². The largest absolute Gasteiger partial charge is 0.490 e. The number of benzene rings is 2. The number of nitrogens with two attached hydrogens (primary N) is 1. The zero-order valence-corrected chi connectivity index (χ0v) is 17.4. The van der Waals surface area contributed by atoms with Crippen LogP contribution in [0.15, 0.2) is 79.5 Å². The van der Waals surface area contributed by atoms with E-state index in [4.69, 9.17) is 10.5 Å². The van der Waals surface area contributed by atoms with E-state index in [2.05, 4.69) is 46.1 Å². The normalized spacial score (nSPS) is 12.3. The molecule has 3 N–H and O–H groups in total. The lowest BCUT2D eigenvalue weighted by atomic mass is 10.00. The smallest absolute Gasteiger partial charge is 0.138 e. The summed E-state index contributed by atoms with van der Waals surface area (Å²) in [5.41, 5.74) is 12.0. The fraction of sp³-hybridized carbons (Fsp3) is 0.154. The number of nitrogens with one attached hydrogen (secondary N) is 1. The summed E-state index contributed by atoms with van der Waals surface area (Å²) >= 11 is 0. The first kappa shape index (κ1) is 19.3. The van der Waals surface area contributed by atoms with Gasteiger partial charge in [-0.3, -0.25) is 9.97 Å². The zero-order valence-electron chi connectivity index (χ0n) is 17.4. The second-order valence-electron chi connectivity index (χ2n) is 7.93. The first-order valence-electron chi connectivity index (χ1n) is 10.4. The lowest BCUT2D eigenvalue weighted by Gasteiger charge is -2.14. The summed E-state index contributed by atoms with van der Waals surface area (Å²) in [5.74, 6) is 0.722. The van der Waals surface area contributed by atoms with Crippen LogP contribution in [0.4, 0.5) is 0 Å². The highest BCUT2D eigenvalue weighted by Gasteiger charge is 2.11. The summed E-state index contributed by atoms with van der Waals surface area (Å²) in [6.45, 7) is 2.53. The molecule has 0 radical (unpaired) electrons. The molecule has 0 saturated carbocycles. The maximum Gasteiger partial charge on any atom is 0.138 e. The highest BCUT2D eigenvalue weighted by Crippen LogP contribution is 2.28. The molecule has 31 heavy (non-hydrogen) atoms. The van der Waals surface area contributed by atoms with Gasteiger partial charge in [0.25, 0.3) is 0 Å². The number of pyridine rings is 2. The summed E-state index contributed by atoms with van der Waals surface area (Å²) in [4.78, 5) is 11.9. The van der Waals surface area contributed by atoms with E-state index in [1.54, 1.807) is 6.20 Å². The van der Waals surface area contributed by atoms with Gasteiger partial charge in [0.1, 0.15) is 12.4 Å². The van der Waals surface area contributed by atoms with Gasteiger partial charge in [0.05, 0.1) is 6.20 Å². The molecule has 0 saturated heterocycles. The van der Waals surface area contributed by atoms with E-state index in [1.807, 2.05) is 49.1 Å². The number of H-pyrrole nitrogens is 1. The Balaban J connectivity index is 1.30. The van der Waals surface area contributed by atoms with Crippen LogP contribution in [0.5, 0.6) is 5.75 Å². The summed E-state index contributed by atoms with van der Waals surface area (Å²) in [7, 11) is 0. The highest BCUT2D eigenvalue weighted by atomic mass is 16.5. The predicted molar refractivity (Wildman–Crippen MR) is 125 cm³/mol. The molecule has 3 heterocycles. The third-order valence-electron chi connectivity index (χ3n) is 5.63. The number of rotatable bonds is 6. The lowest BCUT2D eigenvalue weighted by Crippen LogP contribution is -2.30. The van der Waals surface area contributed by atoms with Crippen LogP contribution in [0, 0.1) is 6.92 Å². The van der Waals surface area contributed by atoms with Gasteiger partial charge in [-0.15, -0.1) is 0 Å². The molecule has 0 spiro atoms. The number of fused-ring (bicyclic) bond motifs is 2. The summed E-state index contributed by atoms with van der Waals surface area (Å²) in [5, 5.41) is 3.54. The SMILES string of the molecule is Cc1cc(-c2cncc(OC[C@@H](N)Cc3c[nH]c4ccccc34)c2)cc2ccncc12. The average molecular weight is 409 g/mol. The standard InChI is InChI=1S/C26H24N4O/c1-17-8-19(9-18-6-7-28-15-25(17)18)20-11-23(14-29-12-20)31-16-22(27)10-21-13-30-26-5-3-2-4-24(21)26/h2-9,11-15,22,30H,10,16,27H2,1H3/t22-/m0/s1. The Bertz CT molecular complexity index is 1360. The van der Waals surface area contributed by atoms with Gasteiger partial charge in [-0.1, -0.05) is 24.3 Å². The van der Waals surface area contributed by atoms with Crippen molar-refractivity contribution in [2.24, 2.45) is 5.73 Å². The molecule has 3 aromatic heterocycles. The first-order valence-corrected chi connectivity index (χ1v) is 10.4. The molecule has 5 nitrogen and oxygen atoms in total. The van der Waals surface area contributed by atoms with E-state index in [9.17, 15) is 0 Å².